The summed E-state index contributed by atoms with van der Waals surface area (Å²) in [5.41, 5.74) is 1.58. The standard InChI is InChI=1S/C13H22ClN3O/c1-3-11-10(12(14)17(2)16-11)8-15-9-13(18)6-4-5-7-13/h15,18H,3-9H2,1-2H3. The zero-order chi connectivity index (χ0) is 13.2. The smallest absolute Gasteiger partial charge is 0.131 e. The van der Waals surface area contributed by atoms with E-state index in [4.69, 9.17) is 11.6 Å². The number of halogens is 1. The molecule has 1 aromatic heterocycles. The summed E-state index contributed by atoms with van der Waals surface area (Å²) >= 11 is 6.22. The molecule has 0 bridgehead atoms. The first-order valence-electron chi connectivity index (χ1n) is 6.69. The lowest BCUT2D eigenvalue weighted by atomic mass is 10.0. The quantitative estimate of drug-likeness (QED) is 0.862. The van der Waals surface area contributed by atoms with E-state index in [-0.39, 0.29) is 0 Å². The third-order valence-electron chi connectivity index (χ3n) is 3.78. The van der Waals surface area contributed by atoms with Crippen molar-refractivity contribution >= 4 is 11.6 Å². The Morgan fingerprint density at radius 2 is 2.11 bits per heavy atom. The van der Waals surface area contributed by atoms with Gasteiger partial charge in [-0.15, -0.1) is 0 Å². The van der Waals surface area contributed by atoms with Crippen LogP contribution in [0.25, 0.3) is 0 Å². The highest BCUT2D eigenvalue weighted by Gasteiger charge is 2.30. The first kappa shape index (κ1) is 13.8. The van der Waals surface area contributed by atoms with Crippen LogP contribution >= 0.6 is 11.6 Å². The molecule has 0 aromatic carbocycles. The largest absolute Gasteiger partial charge is 0.389 e. The van der Waals surface area contributed by atoms with Crippen molar-refractivity contribution in [1.29, 1.82) is 0 Å². The van der Waals surface area contributed by atoms with Crippen molar-refractivity contribution in [2.75, 3.05) is 6.54 Å². The number of hydrogen-bond donors (Lipinski definition) is 2. The second-order valence-corrected chi connectivity index (χ2v) is 5.59. The van der Waals surface area contributed by atoms with Gasteiger partial charge in [-0.05, 0) is 19.3 Å². The van der Waals surface area contributed by atoms with E-state index in [1.807, 2.05) is 7.05 Å². The molecule has 2 rings (SSSR count). The maximum Gasteiger partial charge on any atom is 0.131 e. The molecule has 102 valence electrons. The Morgan fingerprint density at radius 1 is 1.44 bits per heavy atom. The van der Waals surface area contributed by atoms with Gasteiger partial charge in [0.15, 0.2) is 0 Å². The van der Waals surface area contributed by atoms with Gasteiger partial charge in [0, 0.05) is 25.7 Å². The fourth-order valence-electron chi connectivity index (χ4n) is 2.69. The third-order valence-corrected chi connectivity index (χ3v) is 4.25. The van der Waals surface area contributed by atoms with Gasteiger partial charge in [-0.2, -0.15) is 5.10 Å². The molecule has 0 spiro atoms. The number of hydrogen-bond acceptors (Lipinski definition) is 3. The lowest BCUT2D eigenvalue weighted by Gasteiger charge is -2.22. The third kappa shape index (κ3) is 2.87. The predicted octanol–water partition coefficient (Wildman–Crippen LogP) is 2.03. The predicted molar refractivity (Wildman–Crippen MR) is 72.7 cm³/mol. The van der Waals surface area contributed by atoms with Gasteiger partial charge in [-0.25, -0.2) is 0 Å². The summed E-state index contributed by atoms with van der Waals surface area (Å²) in [7, 11) is 1.86. The van der Waals surface area contributed by atoms with Crippen molar-refractivity contribution in [2.45, 2.75) is 51.2 Å². The van der Waals surface area contributed by atoms with Crippen LogP contribution in [0, 0.1) is 0 Å². The van der Waals surface area contributed by atoms with Crippen LogP contribution in [0.1, 0.15) is 43.9 Å². The molecule has 1 heterocycles. The molecule has 2 N–H and O–H groups in total. The van der Waals surface area contributed by atoms with Crippen molar-refractivity contribution in [2.24, 2.45) is 7.05 Å². The van der Waals surface area contributed by atoms with Crippen LogP contribution in [0.5, 0.6) is 0 Å². The molecule has 1 fully saturated rings. The van der Waals surface area contributed by atoms with Gasteiger partial charge in [0.05, 0.1) is 11.3 Å². The molecule has 0 unspecified atom stereocenters. The molecule has 1 aliphatic carbocycles. The highest BCUT2D eigenvalue weighted by Crippen LogP contribution is 2.29. The van der Waals surface area contributed by atoms with E-state index in [9.17, 15) is 5.11 Å². The van der Waals surface area contributed by atoms with Crippen molar-refractivity contribution in [3.05, 3.63) is 16.4 Å². The number of nitrogens with one attached hydrogen (secondary N) is 1. The number of aromatic nitrogens is 2. The van der Waals surface area contributed by atoms with Crippen molar-refractivity contribution in [1.82, 2.24) is 15.1 Å². The summed E-state index contributed by atoms with van der Waals surface area (Å²) < 4.78 is 1.71. The summed E-state index contributed by atoms with van der Waals surface area (Å²) in [6.45, 7) is 3.40. The van der Waals surface area contributed by atoms with Crippen LogP contribution in [0.15, 0.2) is 0 Å². The highest BCUT2D eigenvalue weighted by molar-refractivity contribution is 6.30. The van der Waals surface area contributed by atoms with E-state index >= 15 is 0 Å². The molecule has 0 amide bonds. The SMILES string of the molecule is CCc1nn(C)c(Cl)c1CNCC1(O)CCCC1. The van der Waals surface area contributed by atoms with Crippen molar-refractivity contribution in [3.8, 4) is 0 Å². The maximum atomic E-state index is 10.3. The summed E-state index contributed by atoms with van der Waals surface area (Å²) in [5, 5.41) is 18.7. The molecule has 4 nitrogen and oxygen atoms in total. The Hall–Kier alpha value is -0.580. The zero-order valence-electron chi connectivity index (χ0n) is 11.2. The van der Waals surface area contributed by atoms with E-state index in [0.29, 0.717) is 18.2 Å². The van der Waals surface area contributed by atoms with Gasteiger partial charge in [0.25, 0.3) is 0 Å². The van der Waals surface area contributed by atoms with Gasteiger partial charge >= 0.3 is 0 Å². The number of rotatable bonds is 5. The van der Waals surface area contributed by atoms with Gasteiger partial charge in [-0.3, -0.25) is 4.68 Å². The zero-order valence-corrected chi connectivity index (χ0v) is 11.9. The number of aliphatic hydroxyl groups is 1. The van der Waals surface area contributed by atoms with Crippen LogP contribution in [-0.2, 0) is 20.0 Å². The summed E-state index contributed by atoms with van der Waals surface area (Å²) in [4.78, 5) is 0. The van der Waals surface area contributed by atoms with Crippen molar-refractivity contribution in [3.63, 3.8) is 0 Å². The van der Waals surface area contributed by atoms with E-state index in [1.165, 1.54) is 0 Å². The Balaban J connectivity index is 1.93. The Bertz CT molecular complexity index is 411. The van der Waals surface area contributed by atoms with Crippen LogP contribution in [0.3, 0.4) is 0 Å². The molecule has 5 heteroatoms. The molecule has 1 saturated carbocycles. The molecule has 1 aromatic rings. The molecular formula is C13H22ClN3O. The van der Waals surface area contributed by atoms with Gasteiger partial charge in [0.1, 0.15) is 5.15 Å². The fourth-order valence-corrected chi connectivity index (χ4v) is 2.90. The normalized spacial score (nSPS) is 18.4. The van der Waals surface area contributed by atoms with Gasteiger partial charge in [0.2, 0.25) is 0 Å². The Kier molecular flexibility index (Phi) is 4.30. The number of nitrogens with zero attached hydrogens (tertiary/aromatic N) is 2. The molecule has 0 atom stereocenters. The maximum absolute atomic E-state index is 10.3. The summed E-state index contributed by atoms with van der Waals surface area (Å²) in [6, 6.07) is 0. The molecule has 0 aliphatic heterocycles. The molecule has 18 heavy (non-hydrogen) atoms. The average Bonchev–Trinajstić information content (AvgIpc) is 2.88. The van der Waals surface area contributed by atoms with Crippen molar-refractivity contribution < 1.29 is 5.11 Å². The van der Waals surface area contributed by atoms with E-state index in [0.717, 1.165) is 43.4 Å². The van der Waals surface area contributed by atoms with Crippen LogP contribution in [-0.4, -0.2) is 27.0 Å². The highest BCUT2D eigenvalue weighted by atomic mass is 35.5. The molecule has 0 radical (unpaired) electrons. The van der Waals surface area contributed by atoms with E-state index in [2.05, 4.69) is 17.3 Å². The molecular weight excluding hydrogens is 250 g/mol. The second kappa shape index (κ2) is 5.59. The minimum Gasteiger partial charge on any atom is -0.389 e. The van der Waals surface area contributed by atoms with Crippen LogP contribution in [0.2, 0.25) is 5.15 Å². The lowest BCUT2D eigenvalue weighted by molar-refractivity contribution is 0.0474. The molecule has 0 saturated heterocycles. The van der Waals surface area contributed by atoms with Gasteiger partial charge in [-0.1, -0.05) is 31.4 Å². The minimum atomic E-state index is -0.513. The first-order valence-corrected chi connectivity index (χ1v) is 7.07. The molecule has 1 aliphatic rings. The van der Waals surface area contributed by atoms with E-state index in [1.54, 1.807) is 4.68 Å². The minimum absolute atomic E-state index is 0.513. The summed E-state index contributed by atoms with van der Waals surface area (Å²) in [5.74, 6) is 0. The average molecular weight is 272 g/mol. The van der Waals surface area contributed by atoms with Crippen LogP contribution < -0.4 is 5.32 Å². The van der Waals surface area contributed by atoms with E-state index < -0.39 is 5.60 Å². The second-order valence-electron chi connectivity index (χ2n) is 5.23. The van der Waals surface area contributed by atoms with Crippen LogP contribution in [0.4, 0.5) is 0 Å². The number of aryl methyl sites for hydroxylation is 2. The Morgan fingerprint density at radius 3 is 2.72 bits per heavy atom. The monoisotopic (exact) mass is 271 g/mol. The lowest BCUT2D eigenvalue weighted by Crippen LogP contribution is -2.37. The summed E-state index contributed by atoms with van der Waals surface area (Å²) in [6.07, 6.45) is 4.95. The van der Waals surface area contributed by atoms with Gasteiger partial charge < -0.3 is 10.4 Å². The Labute approximate surface area is 113 Å². The fraction of sp³-hybridized carbons (Fsp3) is 0.769. The first-order chi connectivity index (χ1) is 8.56. The topological polar surface area (TPSA) is 50.1 Å².